The van der Waals surface area contributed by atoms with Crippen LogP contribution < -0.4 is 10.5 Å². The van der Waals surface area contributed by atoms with Gasteiger partial charge in [-0.2, -0.15) is 0 Å². The predicted octanol–water partition coefficient (Wildman–Crippen LogP) is 1.24. The van der Waals surface area contributed by atoms with Crippen LogP contribution in [0, 0.1) is 0 Å². The number of sulfonamides is 1. The van der Waals surface area contributed by atoms with E-state index in [2.05, 4.69) is 4.72 Å². The Morgan fingerprint density at radius 1 is 1.38 bits per heavy atom. The molecule has 0 spiro atoms. The molecule has 0 aromatic heterocycles. The van der Waals surface area contributed by atoms with Crippen molar-refractivity contribution in [3.63, 3.8) is 0 Å². The van der Waals surface area contributed by atoms with E-state index in [1.165, 1.54) is 0 Å². The van der Waals surface area contributed by atoms with Gasteiger partial charge in [0.2, 0.25) is 10.0 Å². The molecule has 0 unspecified atom stereocenters. The molecule has 0 radical (unpaired) electrons. The normalized spacial score (nSPS) is 17.0. The number of hydrogen-bond donors (Lipinski definition) is 2. The van der Waals surface area contributed by atoms with E-state index in [4.69, 9.17) is 5.73 Å². The van der Waals surface area contributed by atoms with Gasteiger partial charge < -0.3 is 5.73 Å². The standard InChI is InChI=1S/C11H16N2O2S/c12-10-4-1-3-9(7-10)8-16(14,15)13-11-5-2-6-11/h1,3-4,7,11,13H,2,5-6,8,12H2. The average Bonchev–Trinajstić information content (AvgIpc) is 2.11. The zero-order valence-corrected chi connectivity index (χ0v) is 9.83. The van der Waals surface area contributed by atoms with Crippen LogP contribution in [0.1, 0.15) is 24.8 Å². The molecule has 1 aromatic carbocycles. The molecule has 1 aromatic rings. The minimum absolute atomic E-state index is 0.00847. The van der Waals surface area contributed by atoms with Gasteiger partial charge in [-0.05, 0) is 30.5 Å². The molecular formula is C11H16N2O2S. The molecule has 0 amide bonds. The van der Waals surface area contributed by atoms with Crippen LogP contribution in [0.15, 0.2) is 24.3 Å². The number of nitrogen functional groups attached to an aromatic ring is 1. The molecule has 3 N–H and O–H groups in total. The van der Waals surface area contributed by atoms with Crippen molar-refractivity contribution >= 4 is 15.7 Å². The van der Waals surface area contributed by atoms with E-state index in [-0.39, 0.29) is 11.8 Å². The summed E-state index contributed by atoms with van der Waals surface area (Å²) in [6, 6.07) is 7.13. The van der Waals surface area contributed by atoms with Crippen molar-refractivity contribution < 1.29 is 8.42 Å². The lowest BCUT2D eigenvalue weighted by atomic mass is 9.94. The van der Waals surface area contributed by atoms with Crippen molar-refractivity contribution in [1.82, 2.24) is 4.72 Å². The van der Waals surface area contributed by atoms with Gasteiger partial charge in [0.25, 0.3) is 0 Å². The van der Waals surface area contributed by atoms with E-state index in [0.29, 0.717) is 5.69 Å². The molecule has 1 aliphatic carbocycles. The topological polar surface area (TPSA) is 72.2 Å². The molecule has 1 aliphatic rings. The van der Waals surface area contributed by atoms with Crippen molar-refractivity contribution in [2.45, 2.75) is 31.1 Å². The number of rotatable bonds is 4. The van der Waals surface area contributed by atoms with Gasteiger partial charge in [0, 0.05) is 11.7 Å². The number of anilines is 1. The van der Waals surface area contributed by atoms with E-state index in [1.54, 1.807) is 24.3 Å². The van der Waals surface area contributed by atoms with E-state index < -0.39 is 10.0 Å². The molecule has 0 aliphatic heterocycles. The van der Waals surface area contributed by atoms with Gasteiger partial charge in [0.15, 0.2) is 0 Å². The van der Waals surface area contributed by atoms with Crippen LogP contribution in [-0.2, 0) is 15.8 Å². The molecule has 1 fully saturated rings. The lowest BCUT2D eigenvalue weighted by Crippen LogP contribution is -2.39. The van der Waals surface area contributed by atoms with E-state index in [9.17, 15) is 8.42 Å². The summed E-state index contributed by atoms with van der Waals surface area (Å²) in [4.78, 5) is 0. The average molecular weight is 240 g/mol. The second kappa shape index (κ2) is 4.43. The second-order valence-corrected chi connectivity index (χ2v) is 6.00. The maximum atomic E-state index is 11.8. The molecule has 0 saturated heterocycles. The molecule has 0 bridgehead atoms. The molecule has 2 rings (SSSR count). The molecule has 16 heavy (non-hydrogen) atoms. The fourth-order valence-electron chi connectivity index (χ4n) is 1.72. The lowest BCUT2D eigenvalue weighted by molar-refractivity contribution is 0.383. The van der Waals surface area contributed by atoms with Gasteiger partial charge in [-0.1, -0.05) is 18.6 Å². The van der Waals surface area contributed by atoms with Crippen molar-refractivity contribution in [3.8, 4) is 0 Å². The zero-order valence-electron chi connectivity index (χ0n) is 9.02. The highest BCUT2D eigenvalue weighted by Crippen LogP contribution is 2.20. The summed E-state index contributed by atoms with van der Waals surface area (Å²) >= 11 is 0. The fourth-order valence-corrected chi connectivity index (χ4v) is 3.17. The van der Waals surface area contributed by atoms with Crippen LogP contribution in [0.4, 0.5) is 5.69 Å². The van der Waals surface area contributed by atoms with Crippen molar-refractivity contribution in [2.75, 3.05) is 5.73 Å². The third-order valence-electron chi connectivity index (χ3n) is 2.76. The largest absolute Gasteiger partial charge is 0.399 e. The summed E-state index contributed by atoms with van der Waals surface area (Å²) in [6.07, 6.45) is 3.03. The maximum Gasteiger partial charge on any atom is 0.216 e. The van der Waals surface area contributed by atoms with Gasteiger partial charge >= 0.3 is 0 Å². The van der Waals surface area contributed by atoms with Gasteiger partial charge in [-0.15, -0.1) is 0 Å². The first kappa shape index (κ1) is 11.4. The zero-order chi connectivity index (χ0) is 11.6. The minimum atomic E-state index is -3.22. The molecule has 5 heteroatoms. The molecule has 0 heterocycles. The van der Waals surface area contributed by atoms with Crippen molar-refractivity contribution in [2.24, 2.45) is 0 Å². The number of nitrogens with one attached hydrogen (secondary N) is 1. The SMILES string of the molecule is Nc1cccc(CS(=O)(=O)NC2CCC2)c1. The number of benzene rings is 1. The highest BCUT2D eigenvalue weighted by molar-refractivity contribution is 7.88. The summed E-state index contributed by atoms with van der Waals surface area (Å²) in [7, 11) is -3.22. The van der Waals surface area contributed by atoms with Crippen LogP contribution in [-0.4, -0.2) is 14.5 Å². The highest BCUT2D eigenvalue weighted by atomic mass is 32.2. The van der Waals surface area contributed by atoms with Crippen LogP contribution in [0.3, 0.4) is 0 Å². The summed E-state index contributed by atoms with van der Waals surface area (Å²) in [5.41, 5.74) is 6.92. The highest BCUT2D eigenvalue weighted by Gasteiger charge is 2.23. The van der Waals surface area contributed by atoms with Crippen LogP contribution in [0.2, 0.25) is 0 Å². The Kier molecular flexibility index (Phi) is 3.16. The Balaban J connectivity index is 2.02. The predicted molar refractivity (Wildman–Crippen MR) is 64.3 cm³/mol. The number of hydrogen-bond acceptors (Lipinski definition) is 3. The minimum Gasteiger partial charge on any atom is -0.399 e. The summed E-state index contributed by atoms with van der Waals surface area (Å²) < 4.78 is 26.2. The summed E-state index contributed by atoms with van der Waals surface area (Å²) in [6.45, 7) is 0. The third-order valence-corrected chi connectivity index (χ3v) is 4.16. The monoisotopic (exact) mass is 240 g/mol. The quantitative estimate of drug-likeness (QED) is 0.778. The van der Waals surface area contributed by atoms with Crippen LogP contribution in [0.5, 0.6) is 0 Å². The first-order chi connectivity index (χ1) is 7.55. The molecular weight excluding hydrogens is 224 g/mol. The van der Waals surface area contributed by atoms with Gasteiger partial charge in [0.05, 0.1) is 5.75 Å². The van der Waals surface area contributed by atoms with Crippen LogP contribution >= 0.6 is 0 Å². The molecule has 4 nitrogen and oxygen atoms in total. The smallest absolute Gasteiger partial charge is 0.216 e. The second-order valence-electron chi connectivity index (χ2n) is 4.25. The Hall–Kier alpha value is -1.07. The van der Waals surface area contributed by atoms with Crippen LogP contribution in [0.25, 0.3) is 0 Å². The Morgan fingerprint density at radius 2 is 2.12 bits per heavy atom. The van der Waals surface area contributed by atoms with Gasteiger partial charge in [0.1, 0.15) is 0 Å². The van der Waals surface area contributed by atoms with E-state index >= 15 is 0 Å². The Labute approximate surface area is 95.9 Å². The van der Waals surface area contributed by atoms with Gasteiger partial charge in [-0.3, -0.25) is 0 Å². The fraction of sp³-hybridized carbons (Fsp3) is 0.455. The van der Waals surface area contributed by atoms with Crippen molar-refractivity contribution in [3.05, 3.63) is 29.8 Å². The third kappa shape index (κ3) is 2.96. The first-order valence-corrected chi connectivity index (χ1v) is 7.05. The molecule has 1 saturated carbocycles. The van der Waals surface area contributed by atoms with E-state index in [0.717, 1.165) is 24.8 Å². The first-order valence-electron chi connectivity index (χ1n) is 5.39. The number of nitrogens with two attached hydrogens (primary N) is 1. The van der Waals surface area contributed by atoms with Gasteiger partial charge in [-0.25, -0.2) is 13.1 Å². The Morgan fingerprint density at radius 3 is 2.69 bits per heavy atom. The Bertz CT molecular complexity index is 467. The molecule has 88 valence electrons. The summed E-state index contributed by atoms with van der Waals surface area (Å²) in [5.74, 6) is 0.00847. The van der Waals surface area contributed by atoms with E-state index in [1.807, 2.05) is 0 Å². The lowest BCUT2D eigenvalue weighted by Gasteiger charge is -2.26. The molecule has 0 atom stereocenters. The van der Waals surface area contributed by atoms with Crippen molar-refractivity contribution in [1.29, 1.82) is 0 Å². The summed E-state index contributed by atoms with van der Waals surface area (Å²) in [5, 5.41) is 0. The maximum absolute atomic E-state index is 11.8.